The minimum Gasteiger partial charge on any atom is -0.255 e. The standard InChI is InChI=1S/3C10H8N2.ClH/c3*1-3-7-11-9(5-1)10-6-2-4-8-12-10;/h3*1-8H;1H. The maximum absolute atomic E-state index is 4.19. The highest BCUT2D eigenvalue weighted by Gasteiger charge is 1.97. The van der Waals surface area contributed by atoms with Crippen LogP contribution in [0.4, 0.5) is 0 Å². The van der Waals surface area contributed by atoms with E-state index in [1.54, 1.807) is 37.2 Å². The van der Waals surface area contributed by atoms with Crippen LogP contribution in [0, 0.1) is 0 Å². The van der Waals surface area contributed by atoms with Crippen molar-refractivity contribution in [2.24, 2.45) is 0 Å². The lowest BCUT2D eigenvalue weighted by molar-refractivity contribution is 1.25. The average molecular weight is 505 g/mol. The number of rotatable bonds is 3. The number of halogens is 1. The molecule has 0 aliphatic heterocycles. The lowest BCUT2D eigenvalue weighted by Gasteiger charge is -1.96. The molecule has 6 aromatic rings. The van der Waals surface area contributed by atoms with Gasteiger partial charge in [0.2, 0.25) is 0 Å². The molecule has 0 atom stereocenters. The van der Waals surface area contributed by atoms with Gasteiger partial charge in [-0.05, 0) is 72.8 Å². The van der Waals surface area contributed by atoms with Crippen molar-refractivity contribution in [3.8, 4) is 34.2 Å². The predicted molar refractivity (Wildman–Crippen MR) is 150 cm³/mol. The zero-order chi connectivity index (χ0) is 24.7. The summed E-state index contributed by atoms with van der Waals surface area (Å²) in [5, 5.41) is 0. The van der Waals surface area contributed by atoms with Crippen molar-refractivity contribution in [3.63, 3.8) is 0 Å². The van der Waals surface area contributed by atoms with Crippen LogP contribution in [0.1, 0.15) is 0 Å². The van der Waals surface area contributed by atoms with E-state index in [1.807, 2.05) is 109 Å². The molecule has 0 N–H and O–H groups in total. The second-order valence-corrected chi connectivity index (χ2v) is 7.29. The van der Waals surface area contributed by atoms with Gasteiger partial charge in [-0.3, -0.25) is 29.9 Å². The first-order valence-corrected chi connectivity index (χ1v) is 11.4. The van der Waals surface area contributed by atoms with Crippen LogP contribution in [-0.4, -0.2) is 29.9 Å². The van der Waals surface area contributed by atoms with Crippen molar-refractivity contribution in [2.45, 2.75) is 0 Å². The molecule has 7 heteroatoms. The van der Waals surface area contributed by atoms with Gasteiger partial charge in [-0.15, -0.1) is 12.4 Å². The molecule has 6 rings (SSSR count). The molecule has 0 aliphatic rings. The molecule has 0 saturated carbocycles. The van der Waals surface area contributed by atoms with Gasteiger partial charge in [0, 0.05) is 37.2 Å². The van der Waals surface area contributed by atoms with Crippen molar-refractivity contribution in [1.29, 1.82) is 0 Å². The molecule has 37 heavy (non-hydrogen) atoms. The zero-order valence-electron chi connectivity index (χ0n) is 19.9. The Morgan fingerprint density at radius 2 is 0.405 bits per heavy atom. The van der Waals surface area contributed by atoms with Crippen molar-refractivity contribution in [3.05, 3.63) is 146 Å². The Balaban J connectivity index is 0.000000152. The number of hydrogen-bond acceptors (Lipinski definition) is 6. The second-order valence-electron chi connectivity index (χ2n) is 7.29. The highest BCUT2D eigenvalue weighted by molar-refractivity contribution is 5.85. The van der Waals surface area contributed by atoms with Gasteiger partial charge in [0.05, 0.1) is 34.2 Å². The summed E-state index contributed by atoms with van der Waals surface area (Å²) in [4.78, 5) is 25.1. The van der Waals surface area contributed by atoms with Gasteiger partial charge in [-0.2, -0.15) is 0 Å². The first-order valence-electron chi connectivity index (χ1n) is 11.4. The van der Waals surface area contributed by atoms with Crippen molar-refractivity contribution in [2.75, 3.05) is 0 Å². The predicted octanol–water partition coefficient (Wildman–Crippen LogP) is 6.85. The van der Waals surface area contributed by atoms with Crippen LogP contribution >= 0.6 is 12.4 Å². The van der Waals surface area contributed by atoms with Crippen LogP contribution in [0.3, 0.4) is 0 Å². The molecule has 182 valence electrons. The third-order valence-corrected chi connectivity index (χ3v) is 4.78. The van der Waals surface area contributed by atoms with E-state index in [2.05, 4.69) is 29.9 Å². The van der Waals surface area contributed by atoms with E-state index >= 15 is 0 Å². The van der Waals surface area contributed by atoms with Crippen LogP contribution in [0.25, 0.3) is 34.2 Å². The molecule has 6 nitrogen and oxygen atoms in total. The van der Waals surface area contributed by atoms with Gasteiger partial charge in [-0.1, -0.05) is 36.4 Å². The van der Waals surface area contributed by atoms with Crippen LogP contribution in [-0.2, 0) is 0 Å². The Morgan fingerprint density at radius 1 is 0.243 bits per heavy atom. The minimum absolute atomic E-state index is 0. The summed E-state index contributed by atoms with van der Waals surface area (Å²) in [6, 6.07) is 34.8. The molecule has 0 aliphatic carbocycles. The van der Waals surface area contributed by atoms with Crippen LogP contribution in [0.2, 0.25) is 0 Å². The van der Waals surface area contributed by atoms with Crippen molar-refractivity contribution < 1.29 is 0 Å². The monoisotopic (exact) mass is 504 g/mol. The molecule has 0 spiro atoms. The fourth-order valence-electron chi connectivity index (χ4n) is 3.09. The average Bonchev–Trinajstić information content (AvgIpc) is 3.01. The summed E-state index contributed by atoms with van der Waals surface area (Å²) in [7, 11) is 0. The molecular formula is C30H25ClN6. The fourth-order valence-corrected chi connectivity index (χ4v) is 3.09. The summed E-state index contributed by atoms with van der Waals surface area (Å²) in [6.45, 7) is 0. The minimum atomic E-state index is 0. The maximum Gasteiger partial charge on any atom is 0.0886 e. The lowest BCUT2D eigenvalue weighted by Crippen LogP contribution is -1.83. The van der Waals surface area contributed by atoms with E-state index < -0.39 is 0 Å². The van der Waals surface area contributed by atoms with Crippen LogP contribution in [0.5, 0.6) is 0 Å². The molecule has 0 fully saturated rings. The van der Waals surface area contributed by atoms with Crippen LogP contribution in [0.15, 0.2) is 146 Å². The lowest BCUT2D eigenvalue weighted by atomic mass is 10.2. The number of aromatic nitrogens is 6. The summed E-state index contributed by atoms with van der Waals surface area (Å²) in [5.41, 5.74) is 5.49. The number of hydrogen-bond donors (Lipinski definition) is 0. The van der Waals surface area contributed by atoms with Gasteiger partial charge in [-0.25, -0.2) is 0 Å². The van der Waals surface area contributed by atoms with E-state index in [-0.39, 0.29) is 12.4 Å². The summed E-state index contributed by atoms with van der Waals surface area (Å²) in [5.74, 6) is 0. The zero-order valence-corrected chi connectivity index (χ0v) is 20.8. The molecule has 0 saturated heterocycles. The van der Waals surface area contributed by atoms with Gasteiger partial charge in [0.25, 0.3) is 0 Å². The van der Waals surface area contributed by atoms with E-state index in [1.165, 1.54) is 0 Å². The smallest absolute Gasteiger partial charge is 0.0886 e. The Morgan fingerprint density at radius 3 is 0.514 bits per heavy atom. The Hall–Kier alpha value is -4.81. The fraction of sp³-hybridized carbons (Fsp3) is 0. The second kappa shape index (κ2) is 15.2. The topological polar surface area (TPSA) is 77.3 Å². The van der Waals surface area contributed by atoms with E-state index in [0.29, 0.717) is 0 Å². The molecule has 0 amide bonds. The maximum atomic E-state index is 4.19. The van der Waals surface area contributed by atoms with Crippen LogP contribution < -0.4 is 0 Å². The van der Waals surface area contributed by atoms with E-state index in [4.69, 9.17) is 0 Å². The third kappa shape index (κ3) is 8.72. The van der Waals surface area contributed by atoms with Gasteiger partial charge in [0.15, 0.2) is 0 Å². The molecule has 0 aromatic carbocycles. The first kappa shape index (κ1) is 26.8. The largest absolute Gasteiger partial charge is 0.255 e. The molecule has 6 heterocycles. The summed E-state index contributed by atoms with van der Waals surface area (Å²) < 4.78 is 0. The molecule has 0 bridgehead atoms. The Kier molecular flexibility index (Phi) is 11.0. The SMILES string of the molecule is Cl.c1ccc(-c2ccccn2)nc1.c1ccc(-c2ccccn2)nc1.c1ccc(-c2ccccn2)nc1. The number of nitrogens with zero attached hydrogens (tertiary/aromatic N) is 6. The number of pyridine rings is 6. The highest BCUT2D eigenvalue weighted by Crippen LogP contribution is 2.12. The molecule has 0 radical (unpaired) electrons. The summed E-state index contributed by atoms with van der Waals surface area (Å²) >= 11 is 0. The molecule has 6 aromatic heterocycles. The quantitative estimate of drug-likeness (QED) is 0.262. The normalized spacial score (nSPS) is 9.41. The van der Waals surface area contributed by atoms with Gasteiger partial charge >= 0.3 is 0 Å². The highest BCUT2D eigenvalue weighted by atomic mass is 35.5. The Bertz CT molecular complexity index is 1100. The van der Waals surface area contributed by atoms with Gasteiger partial charge in [0.1, 0.15) is 0 Å². The van der Waals surface area contributed by atoms with E-state index in [0.717, 1.165) is 34.2 Å². The molecule has 0 unspecified atom stereocenters. The first-order chi connectivity index (χ1) is 17.9. The Labute approximate surface area is 222 Å². The van der Waals surface area contributed by atoms with Crippen molar-refractivity contribution >= 4 is 12.4 Å². The third-order valence-electron chi connectivity index (χ3n) is 4.78. The van der Waals surface area contributed by atoms with Crippen molar-refractivity contribution in [1.82, 2.24) is 29.9 Å². The summed E-state index contributed by atoms with van der Waals surface area (Å²) in [6.07, 6.45) is 10.6. The van der Waals surface area contributed by atoms with Gasteiger partial charge < -0.3 is 0 Å². The van der Waals surface area contributed by atoms with E-state index in [9.17, 15) is 0 Å². The molecular weight excluding hydrogens is 480 g/mol.